The smallest absolute Gasteiger partial charge is 0.337 e. The van der Waals surface area contributed by atoms with Gasteiger partial charge in [0.25, 0.3) is 0 Å². The van der Waals surface area contributed by atoms with Crippen LogP contribution in [0.5, 0.6) is 0 Å². The SMILES string of the molecule is CCOC(=O)/C=C(/Nc1ccccc1)c1ccc(Cc2ccc(C(=O)OC)cc2)cc1. The average Bonchev–Trinajstić information content (AvgIpc) is 2.80. The minimum absolute atomic E-state index is 0.321. The zero-order chi connectivity index (χ0) is 22.1. The summed E-state index contributed by atoms with van der Waals surface area (Å²) < 4.78 is 9.81. The van der Waals surface area contributed by atoms with Crippen LogP contribution in [-0.4, -0.2) is 25.7 Å². The van der Waals surface area contributed by atoms with E-state index in [9.17, 15) is 9.59 Å². The summed E-state index contributed by atoms with van der Waals surface area (Å²) in [4.78, 5) is 23.6. The largest absolute Gasteiger partial charge is 0.465 e. The highest BCUT2D eigenvalue weighted by Crippen LogP contribution is 2.20. The van der Waals surface area contributed by atoms with Gasteiger partial charge < -0.3 is 14.8 Å². The number of methoxy groups -OCH3 is 1. The highest BCUT2D eigenvalue weighted by molar-refractivity contribution is 5.94. The van der Waals surface area contributed by atoms with Gasteiger partial charge in [0.05, 0.1) is 25.0 Å². The predicted molar refractivity (Wildman–Crippen MR) is 122 cm³/mol. The van der Waals surface area contributed by atoms with Crippen LogP contribution < -0.4 is 5.32 Å². The lowest BCUT2D eigenvalue weighted by Crippen LogP contribution is -2.06. The molecule has 0 spiro atoms. The normalized spacial score (nSPS) is 11.0. The molecule has 3 aromatic carbocycles. The van der Waals surface area contributed by atoms with E-state index in [-0.39, 0.29) is 5.97 Å². The molecule has 158 valence electrons. The standard InChI is InChI=1S/C26H25NO4/c1-3-31-25(28)18-24(27-23-7-5-4-6-8-23)21-13-9-19(10-14-21)17-20-11-15-22(16-12-20)26(29)30-2/h4-16,18,27H,3,17H2,1-2H3/b24-18+. The van der Waals surface area contributed by atoms with Gasteiger partial charge in [-0.3, -0.25) is 0 Å². The van der Waals surface area contributed by atoms with E-state index >= 15 is 0 Å². The van der Waals surface area contributed by atoms with Gasteiger partial charge in [-0.05, 0) is 54.3 Å². The van der Waals surface area contributed by atoms with Crippen molar-refractivity contribution in [2.45, 2.75) is 13.3 Å². The number of nitrogens with one attached hydrogen (secondary N) is 1. The van der Waals surface area contributed by atoms with Gasteiger partial charge in [0.15, 0.2) is 0 Å². The summed E-state index contributed by atoms with van der Waals surface area (Å²) in [5.74, 6) is -0.738. The molecule has 1 N–H and O–H groups in total. The molecule has 0 fully saturated rings. The number of benzene rings is 3. The maximum Gasteiger partial charge on any atom is 0.337 e. The average molecular weight is 415 g/mol. The molecule has 0 unspecified atom stereocenters. The van der Waals surface area contributed by atoms with E-state index in [4.69, 9.17) is 9.47 Å². The number of carbonyl (C=O) groups is 2. The van der Waals surface area contributed by atoms with Crippen LogP contribution in [0.2, 0.25) is 0 Å². The zero-order valence-electron chi connectivity index (χ0n) is 17.6. The molecule has 0 heterocycles. The number of hydrogen-bond acceptors (Lipinski definition) is 5. The van der Waals surface area contributed by atoms with Crippen LogP contribution in [0.1, 0.15) is 34.0 Å². The molecule has 0 atom stereocenters. The Kier molecular flexibility index (Phi) is 7.60. The van der Waals surface area contributed by atoms with Crippen molar-refractivity contribution >= 4 is 23.3 Å². The van der Waals surface area contributed by atoms with Crippen LogP contribution in [0.4, 0.5) is 5.69 Å². The van der Waals surface area contributed by atoms with Gasteiger partial charge in [-0.2, -0.15) is 0 Å². The third-order valence-corrected chi connectivity index (χ3v) is 4.65. The summed E-state index contributed by atoms with van der Waals surface area (Å²) in [6.45, 7) is 2.10. The number of rotatable bonds is 8. The van der Waals surface area contributed by atoms with Crippen LogP contribution >= 0.6 is 0 Å². The predicted octanol–water partition coefficient (Wildman–Crippen LogP) is 5.08. The first-order valence-electron chi connectivity index (χ1n) is 10.1. The number of esters is 2. The van der Waals surface area contributed by atoms with Crippen LogP contribution in [-0.2, 0) is 20.7 Å². The molecule has 5 heteroatoms. The van der Waals surface area contributed by atoms with E-state index in [0.29, 0.717) is 17.9 Å². The van der Waals surface area contributed by atoms with E-state index in [0.717, 1.165) is 28.8 Å². The van der Waals surface area contributed by atoms with Crippen molar-refractivity contribution in [2.75, 3.05) is 19.0 Å². The van der Waals surface area contributed by atoms with Crippen LogP contribution in [0.25, 0.3) is 5.70 Å². The molecule has 0 bridgehead atoms. The van der Waals surface area contributed by atoms with E-state index in [1.165, 1.54) is 13.2 Å². The molecule has 0 aliphatic heterocycles. The van der Waals surface area contributed by atoms with Gasteiger partial charge in [0, 0.05) is 11.8 Å². The number of hydrogen-bond donors (Lipinski definition) is 1. The summed E-state index contributed by atoms with van der Waals surface area (Å²) >= 11 is 0. The van der Waals surface area contributed by atoms with Crippen molar-refractivity contribution in [3.8, 4) is 0 Å². The lowest BCUT2D eigenvalue weighted by molar-refractivity contribution is -0.137. The number of para-hydroxylation sites is 1. The fourth-order valence-electron chi connectivity index (χ4n) is 3.08. The molecule has 5 nitrogen and oxygen atoms in total. The van der Waals surface area contributed by atoms with Crippen molar-refractivity contribution in [3.63, 3.8) is 0 Å². The van der Waals surface area contributed by atoms with Crippen molar-refractivity contribution in [2.24, 2.45) is 0 Å². The second-order valence-corrected chi connectivity index (χ2v) is 6.86. The Labute approximate surface area is 182 Å². The molecule has 0 aliphatic rings. The van der Waals surface area contributed by atoms with Crippen LogP contribution in [0.3, 0.4) is 0 Å². The van der Waals surface area contributed by atoms with Gasteiger partial charge in [0.2, 0.25) is 0 Å². The molecular formula is C26H25NO4. The summed E-state index contributed by atoms with van der Waals surface area (Å²) in [6, 6.07) is 25.0. The first-order valence-corrected chi connectivity index (χ1v) is 10.1. The fourth-order valence-corrected chi connectivity index (χ4v) is 3.08. The minimum Gasteiger partial charge on any atom is -0.465 e. The Balaban J connectivity index is 1.77. The summed E-state index contributed by atoms with van der Waals surface area (Å²) in [5.41, 5.74) is 5.16. The highest BCUT2D eigenvalue weighted by atomic mass is 16.5. The maximum atomic E-state index is 12.1. The van der Waals surface area contributed by atoms with Gasteiger partial charge in [0.1, 0.15) is 0 Å². The number of anilines is 1. The topological polar surface area (TPSA) is 64.6 Å². The lowest BCUT2D eigenvalue weighted by atomic mass is 10.0. The molecule has 0 saturated heterocycles. The Morgan fingerprint density at radius 3 is 1.97 bits per heavy atom. The summed E-state index contributed by atoms with van der Waals surface area (Å²) in [7, 11) is 1.37. The zero-order valence-corrected chi connectivity index (χ0v) is 17.6. The molecule has 3 rings (SSSR count). The van der Waals surface area contributed by atoms with Gasteiger partial charge >= 0.3 is 11.9 Å². The molecule has 31 heavy (non-hydrogen) atoms. The van der Waals surface area contributed by atoms with Crippen molar-refractivity contribution < 1.29 is 19.1 Å². The monoisotopic (exact) mass is 415 g/mol. The molecule has 0 saturated carbocycles. The first-order chi connectivity index (χ1) is 15.1. The van der Waals surface area contributed by atoms with Crippen molar-refractivity contribution in [1.82, 2.24) is 0 Å². The molecule has 0 aromatic heterocycles. The van der Waals surface area contributed by atoms with Crippen LogP contribution in [0.15, 0.2) is 84.9 Å². The summed E-state index contributed by atoms with van der Waals surface area (Å²) in [5, 5.41) is 3.29. The molecule has 0 radical (unpaired) electrons. The molecule has 0 amide bonds. The first kappa shape index (κ1) is 21.8. The van der Waals surface area contributed by atoms with Crippen molar-refractivity contribution in [1.29, 1.82) is 0 Å². The molecule has 3 aromatic rings. The fraction of sp³-hybridized carbons (Fsp3) is 0.154. The van der Waals surface area contributed by atoms with Gasteiger partial charge in [-0.15, -0.1) is 0 Å². The Morgan fingerprint density at radius 2 is 1.42 bits per heavy atom. The summed E-state index contributed by atoms with van der Waals surface area (Å²) in [6.07, 6.45) is 2.20. The minimum atomic E-state index is -0.393. The van der Waals surface area contributed by atoms with E-state index < -0.39 is 5.97 Å². The lowest BCUT2D eigenvalue weighted by Gasteiger charge is -2.12. The second kappa shape index (κ2) is 10.8. The molecule has 0 aliphatic carbocycles. The Hall–Kier alpha value is -3.86. The maximum absolute atomic E-state index is 12.1. The highest BCUT2D eigenvalue weighted by Gasteiger charge is 2.08. The van der Waals surface area contributed by atoms with Crippen LogP contribution in [0, 0.1) is 0 Å². The van der Waals surface area contributed by atoms with E-state index in [1.54, 1.807) is 19.1 Å². The quantitative estimate of drug-likeness (QED) is 0.411. The van der Waals surface area contributed by atoms with Gasteiger partial charge in [-0.1, -0.05) is 54.6 Å². The number of carbonyl (C=O) groups excluding carboxylic acids is 2. The second-order valence-electron chi connectivity index (χ2n) is 6.86. The molecular weight excluding hydrogens is 390 g/mol. The van der Waals surface area contributed by atoms with Gasteiger partial charge in [-0.25, -0.2) is 9.59 Å². The van der Waals surface area contributed by atoms with Crippen molar-refractivity contribution in [3.05, 3.63) is 107 Å². The van der Waals surface area contributed by atoms with E-state index in [2.05, 4.69) is 5.32 Å². The Morgan fingerprint density at radius 1 is 0.839 bits per heavy atom. The number of ether oxygens (including phenoxy) is 2. The Bertz CT molecular complexity index is 1040. The van der Waals surface area contributed by atoms with E-state index in [1.807, 2.05) is 66.7 Å². The third-order valence-electron chi connectivity index (χ3n) is 4.65. The third kappa shape index (κ3) is 6.31.